The number of nitrogens with zero attached hydrogens (tertiary/aromatic N) is 2. The number of fused-ring (bicyclic) bond motifs is 1. The fraction of sp³-hybridized carbons (Fsp3) is 0.458. The van der Waals surface area contributed by atoms with Crippen LogP contribution in [0.4, 0.5) is 10.5 Å². The minimum atomic E-state index is 0.00696. The van der Waals surface area contributed by atoms with E-state index in [1.165, 1.54) is 29.5 Å². The fourth-order valence-electron chi connectivity index (χ4n) is 4.55. The van der Waals surface area contributed by atoms with Gasteiger partial charge < -0.3 is 10.1 Å². The van der Waals surface area contributed by atoms with Gasteiger partial charge in [-0.2, -0.15) is 0 Å². The number of hydrogen-bond acceptors (Lipinski definition) is 3. The van der Waals surface area contributed by atoms with Crippen LogP contribution >= 0.6 is 0 Å². The van der Waals surface area contributed by atoms with E-state index in [1.807, 2.05) is 17.0 Å². The van der Waals surface area contributed by atoms with E-state index in [1.54, 1.807) is 7.11 Å². The average molecular weight is 394 g/mol. The van der Waals surface area contributed by atoms with E-state index in [0.29, 0.717) is 6.54 Å². The molecule has 2 amide bonds. The van der Waals surface area contributed by atoms with Crippen LogP contribution in [0, 0.1) is 6.92 Å². The Morgan fingerprint density at radius 3 is 2.55 bits per heavy atom. The molecule has 2 heterocycles. The number of methoxy groups -OCH3 is 1. The fourth-order valence-corrected chi connectivity index (χ4v) is 4.55. The summed E-state index contributed by atoms with van der Waals surface area (Å²) < 4.78 is 5.30. The van der Waals surface area contributed by atoms with Gasteiger partial charge in [0.05, 0.1) is 13.2 Å². The van der Waals surface area contributed by atoms with Crippen LogP contribution in [0.15, 0.2) is 42.5 Å². The van der Waals surface area contributed by atoms with Crippen molar-refractivity contribution in [3.8, 4) is 5.75 Å². The standard InChI is InChI=1S/C24H31N3O2/c1-18-7-12-22-20(16-18)6-5-15-27(22)24(28)25-17-23(26-13-3-4-14-26)19-8-10-21(29-2)11-9-19/h7-12,16,23H,3-6,13-15,17H2,1-2H3,(H,25,28)/t23-/m1/s1. The molecule has 0 aromatic heterocycles. The van der Waals surface area contributed by atoms with E-state index in [0.717, 1.165) is 43.9 Å². The maximum absolute atomic E-state index is 13.1. The Morgan fingerprint density at radius 2 is 1.83 bits per heavy atom. The first-order valence-corrected chi connectivity index (χ1v) is 10.7. The Labute approximate surface area is 173 Å². The molecule has 1 atom stereocenters. The van der Waals surface area contributed by atoms with Gasteiger partial charge in [-0.15, -0.1) is 0 Å². The van der Waals surface area contributed by atoms with E-state index in [4.69, 9.17) is 4.74 Å². The molecular weight excluding hydrogens is 362 g/mol. The summed E-state index contributed by atoms with van der Waals surface area (Å²) in [6.07, 6.45) is 4.50. The zero-order valence-corrected chi connectivity index (χ0v) is 17.5. The van der Waals surface area contributed by atoms with Gasteiger partial charge in [-0.05, 0) is 75.0 Å². The Morgan fingerprint density at radius 1 is 1.07 bits per heavy atom. The molecule has 1 N–H and O–H groups in total. The van der Waals surface area contributed by atoms with Crippen LogP contribution in [0.2, 0.25) is 0 Å². The third-order valence-electron chi connectivity index (χ3n) is 6.13. The maximum Gasteiger partial charge on any atom is 0.321 e. The van der Waals surface area contributed by atoms with E-state index in [9.17, 15) is 4.79 Å². The lowest BCUT2D eigenvalue weighted by Crippen LogP contribution is -2.46. The number of benzene rings is 2. The molecule has 2 aromatic carbocycles. The van der Waals surface area contributed by atoms with Gasteiger partial charge in [0.1, 0.15) is 5.75 Å². The number of carbonyl (C=O) groups excluding carboxylic acids is 1. The molecule has 154 valence electrons. The second-order valence-electron chi connectivity index (χ2n) is 8.11. The lowest BCUT2D eigenvalue weighted by atomic mass is 10.00. The van der Waals surface area contributed by atoms with Crippen molar-refractivity contribution in [1.29, 1.82) is 0 Å². The highest BCUT2D eigenvalue weighted by atomic mass is 16.5. The number of anilines is 1. The van der Waals surface area contributed by atoms with Crippen molar-refractivity contribution >= 4 is 11.7 Å². The number of carbonyl (C=O) groups is 1. The summed E-state index contributed by atoms with van der Waals surface area (Å²) in [5, 5.41) is 3.23. The van der Waals surface area contributed by atoms with Gasteiger partial charge in [-0.3, -0.25) is 9.80 Å². The molecule has 29 heavy (non-hydrogen) atoms. The first-order chi connectivity index (χ1) is 14.2. The van der Waals surface area contributed by atoms with Crippen molar-refractivity contribution in [3.63, 3.8) is 0 Å². The largest absolute Gasteiger partial charge is 0.497 e. The second-order valence-corrected chi connectivity index (χ2v) is 8.11. The predicted molar refractivity (Wildman–Crippen MR) is 117 cm³/mol. The van der Waals surface area contributed by atoms with Crippen LogP contribution in [-0.4, -0.2) is 44.2 Å². The zero-order chi connectivity index (χ0) is 20.2. The number of rotatable bonds is 5. The molecule has 0 spiro atoms. The van der Waals surface area contributed by atoms with Crippen molar-refractivity contribution in [1.82, 2.24) is 10.2 Å². The van der Waals surface area contributed by atoms with E-state index in [-0.39, 0.29) is 12.1 Å². The SMILES string of the molecule is COc1ccc([C@@H](CNC(=O)N2CCCc3cc(C)ccc32)N2CCCC2)cc1. The number of ether oxygens (including phenoxy) is 1. The Hall–Kier alpha value is -2.53. The average Bonchev–Trinajstić information content (AvgIpc) is 3.28. The molecule has 2 aromatic rings. The maximum atomic E-state index is 13.1. The molecule has 1 saturated heterocycles. The number of hydrogen-bond donors (Lipinski definition) is 1. The number of urea groups is 1. The first-order valence-electron chi connectivity index (χ1n) is 10.7. The summed E-state index contributed by atoms with van der Waals surface area (Å²) in [5.41, 5.74) is 4.81. The number of nitrogens with one attached hydrogen (secondary N) is 1. The predicted octanol–water partition coefficient (Wildman–Crippen LogP) is 4.30. The number of aryl methyl sites for hydroxylation is 2. The van der Waals surface area contributed by atoms with Crippen LogP contribution in [0.5, 0.6) is 5.75 Å². The van der Waals surface area contributed by atoms with Gasteiger partial charge in [-0.25, -0.2) is 4.79 Å². The van der Waals surface area contributed by atoms with Gasteiger partial charge in [0.25, 0.3) is 0 Å². The van der Waals surface area contributed by atoms with Crippen molar-refractivity contribution in [2.45, 2.75) is 38.6 Å². The smallest absolute Gasteiger partial charge is 0.321 e. The molecule has 0 bridgehead atoms. The molecule has 0 unspecified atom stereocenters. The summed E-state index contributed by atoms with van der Waals surface area (Å²) in [4.78, 5) is 17.5. The molecule has 0 aliphatic carbocycles. The van der Waals surface area contributed by atoms with Crippen molar-refractivity contribution in [3.05, 3.63) is 59.2 Å². The van der Waals surface area contributed by atoms with Gasteiger partial charge >= 0.3 is 6.03 Å². The Kier molecular flexibility index (Phi) is 6.05. The highest BCUT2D eigenvalue weighted by Gasteiger charge is 2.27. The number of likely N-dealkylation sites (tertiary alicyclic amines) is 1. The summed E-state index contributed by atoms with van der Waals surface area (Å²) in [6, 6.07) is 14.8. The zero-order valence-electron chi connectivity index (χ0n) is 17.5. The lowest BCUT2D eigenvalue weighted by Gasteiger charge is -2.32. The first kappa shape index (κ1) is 19.8. The Balaban J connectivity index is 1.48. The van der Waals surface area contributed by atoms with Crippen LogP contribution in [-0.2, 0) is 6.42 Å². The second kappa shape index (κ2) is 8.87. The van der Waals surface area contributed by atoms with E-state index in [2.05, 4.69) is 47.5 Å². The van der Waals surface area contributed by atoms with E-state index >= 15 is 0 Å². The molecule has 1 fully saturated rings. The molecular formula is C24H31N3O2. The van der Waals surface area contributed by atoms with Crippen LogP contribution < -0.4 is 15.0 Å². The summed E-state index contributed by atoms with van der Waals surface area (Å²) in [6.45, 7) is 5.66. The number of amides is 2. The molecule has 2 aliphatic heterocycles. The quantitative estimate of drug-likeness (QED) is 0.824. The summed E-state index contributed by atoms with van der Waals surface area (Å²) in [5.74, 6) is 0.859. The van der Waals surface area contributed by atoms with Gasteiger partial charge in [0.2, 0.25) is 0 Å². The van der Waals surface area contributed by atoms with Gasteiger partial charge in [-0.1, -0.05) is 29.8 Å². The molecule has 0 saturated carbocycles. The van der Waals surface area contributed by atoms with Crippen molar-refractivity contribution < 1.29 is 9.53 Å². The summed E-state index contributed by atoms with van der Waals surface area (Å²) >= 11 is 0. The summed E-state index contributed by atoms with van der Waals surface area (Å²) in [7, 11) is 1.69. The van der Waals surface area contributed by atoms with Crippen LogP contribution in [0.3, 0.4) is 0 Å². The highest BCUT2D eigenvalue weighted by molar-refractivity contribution is 5.93. The Bertz CT molecular complexity index is 844. The molecule has 4 rings (SSSR count). The van der Waals surface area contributed by atoms with Gasteiger partial charge in [0.15, 0.2) is 0 Å². The van der Waals surface area contributed by atoms with Crippen molar-refractivity contribution in [2.24, 2.45) is 0 Å². The normalized spacial score (nSPS) is 17.7. The third-order valence-corrected chi connectivity index (χ3v) is 6.13. The molecule has 0 radical (unpaired) electrons. The molecule has 2 aliphatic rings. The van der Waals surface area contributed by atoms with Crippen molar-refractivity contribution in [2.75, 3.05) is 38.2 Å². The van der Waals surface area contributed by atoms with E-state index < -0.39 is 0 Å². The molecule has 5 heteroatoms. The minimum absolute atomic E-state index is 0.00696. The van der Waals surface area contributed by atoms with Crippen LogP contribution in [0.25, 0.3) is 0 Å². The van der Waals surface area contributed by atoms with Gasteiger partial charge in [0, 0.05) is 18.8 Å². The minimum Gasteiger partial charge on any atom is -0.497 e. The highest BCUT2D eigenvalue weighted by Crippen LogP contribution is 2.29. The third kappa shape index (κ3) is 4.40. The monoisotopic (exact) mass is 393 g/mol. The van der Waals surface area contributed by atoms with Crippen LogP contribution in [0.1, 0.15) is 42.0 Å². The molecule has 5 nitrogen and oxygen atoms in total. The lowest BCUT2D eigenvalue weighted by molar-refractivity contribution is 0.224. The topological polar surface area (TPSA) is 44.8 Å².